The minimum Gasteiger partial charge on any atom is -0.507 e. The number of hydrogen-bond acceptors (Lipinski definition) is 3. The molecule has 0 aliphatic heterocycles. The van der Waals surface area contributed by atoms with E-state index in [4.69, 9.17) is 11.6 Å². The number of aromatic hydroxyl groups is 1. The molecule has 0 heterocycles. The summed E-state index contributed by atoms with van der Waals surface area (Å²) in [6, 6.07) is 2.81. The number of rotatable bonds is 4. The molecule has 27 heavy (non-hydrogen) atoms. The van der Waals surface area contributed by atoms with Gasteiger partial charge in [0.15, 0.2) is 5.82 Å². The van der Waals surface area contributed by atoms with Gasteiger partial charge in [0.1, 0.15) is 22.4 Å². The summed E-state index contributed by atoms with van der Waals surface area (Å²) in [5.41, 5.74) is -0.216. The van der Waals surface area contributed by atoms with Crippen molar-refractivity contribution in [3.63, 3.8) is 0 Å². The third-order valence-electron chi connectivity index (χ3n) is 3.40. The van der Waals surface area contributed by atoms with E-state index in [1.807, 2.05) is 0 Å². The van der Waals surface area contributed by atoms with Crippen LogP contribution in [0.5, 0.6) is 5.75 Å². The van der Waals surface area contributed by atoms with E-state index in [1.54, 1.807) is 14.0 Å². The molecule has 0 aliphatic rings. The van der Waals surface area contributed by atoms with Crippen LogP contribution < -0.4 is 5.32 Å². The fraction of sp³-hybridized carbons (Fsp3) is 0.250. The molecule has 7 heteroatoms. The number of nitrogens with one attached hydrogen (secondary N) is 1. The minimum atomic E-state index is -1.12. The third kappa shape index (κ3) is 4.83. The van der Waals surface area contributed by atoms with Gasteiger partial charge in [-0.05, 0) is 19.1 Å². The maximum absolute atomic E-state index is 14.5. The van der Waals surface area contributed by atoms with E-state index >= 15 is 0 Å². The lowest BCUT2D eigenvalue weighted by Gasteiger charge is -2.17. The van der Waals surface area contributed by atoms with Crippen LogP contribution in [0.3, 0.4) is 0 Å². The molecule has 0 bridgehead atoms. The monoisotopic (exact) mass is 398 g/mol. The van der Waals surface area contributed by atoms with Crippen LogP contribution in [-0.4, -0.2) is 18.4 Å². The molecule has 0 unspecified atom stereocenters. The SMILES string of the molecule is C=C(NC)c1c(O)cc(F)c(-c2ccc(F)c(Cl)c2F)c1N=CC.CCC. The Bertz CT molecular complexity index is 867. The minimum absolute atomic E-state index is 0.0454. The Morgan fingerprint density at radius 1 is 1.26 bits per heavy atom. The van der Waals surface area contributed by atoms with Crippen molar-refractivity contribution in [2.75, 3.05) is 7.05 Å². The van der Waals surface area contributed by atoms with Gasteiger partial charge in [0.25, 0.3) is 0 Å². The molecule has 0 fully saturated rings. The Labute approximate surface area is 162 Å². The highest BCUT2D eigenvalue weighted by atomic mass is 35.5. The van der Waals surface area contributed by atoms with E-state index in [9.17, 15) is 18.3 Å². The zero-order valence-corrected chi connectivity index (χ0v) is 16.4. The fourth-order valence-electron chi connectivity index (χ4n) is 2.28. The molecule has 3 nitrogen and oxygen atoms in total. The van der Waals surface area contributed by atoms with Crippen molar-refractivity contribution in [2.24, 2.45) is 4.99 Å². The lowest BCUT2D eigenvalue weighted by atomic mass is 9.96. The Balaban J connectivity index is 0.00000114. The van der Waals surface area contributed by atoms with Crippen molar-refractivity contribution in [2.45, 2.75) is 27.2 Å². The highest BCUT2D eigenvalue weighted by molar-refractivity contribution is 6.31. The number of hydrogen-bond donors (Lipinski definition) is 2. The van der Waals surface area contributed by atoms with Crippen molar-refractivity contribution < 1.29 is 18.3 Å². The predicted octanol–water partition coefficient (Wildman–Crippen LogP) is 6.46. The molecule has 2 aromatic rings. The Morgan fingerprint density at radius 2 is 1.85 bits per heavy atom. The fourth-order valence-corrected chi connectivity index (χ4v) is 2.44. The largest absolute Gasteiger partial charge is 0.507 e. The zero-order valence-electron chi connectivity index (χ0n) is 15.6. The van der Waals surface area contributed by atoms with E-state index in [2.05, 4.69) is 30.7 Å². The Morgan fingerprint density at radius 3 is 2.37 bits per heavy atom. The van der Waals surface area contributed by atoms with Gasteiger partial charge in [0.05, 0.1) is 11.3 Å². The van der Waals surface area contributed by atoms with Crippen LogP contribution in [0.2, 0.25) is 5.02 Å². The smallest absolute Gasteiger partial charge is 0.152 e. The molecule has 0 amide bonds. The summed E-state index contributed by atoms with van der Waals surface area (Å²) in [5.74, 6) is -3.42. The van der Waals surface area contributed by atoms with Crippen LogP contribution in [-0.2, 0) is 0 Å². The lowest BCUT2D eigenvalue weighted by Crippen LogP contribution is -2.05. The Kier molecular flexibility index (Phi) is 8.37. The number of aliphatic imine (C=N–C) groups is 1. The number of halogens is 4. The van der Waals surface area contributed by atoms with Gasteiger partial charge in [0, 0.05) is 36.2 Å². The maximum atomic E-state index is 14.5. The normalized spacial score (nSPS) is 10.5. The van der Waals surface area contributed by atoms with E-state index < -0.39 is 28.2 Å². The molecule has 0 aromatic heterocycles. The van der Waals surface area contributed by atoms with Gasteiger partial charge < -0.3 is 10.4 Å². The summed E-state index contributed by atoms with van der Waals surface area (Å²) in [7, 11) is 1.56. The molecule has 146 valence electrons. The zero-order chi connectivity index (χ0) is 20.7. The molecule has 0 atom stereocenters. The van der Waals surface area contributed by atoms with Crippen molar-refractivity contribution in [1.29, 1.82) is 0 Å². The number of nitrogens with zero attached hydrogens (tertiary/aromatic N) is 1. The van der Waals surface area contributed by atoms with E-state index in [0.717, 1.165) is 18.2 Å². The molecule has 2 N–H and O–H groups in total. The van der Waals surface area contributed by atoms with Crippen LogP contribution in [0, 0.1) is 17.5 Å². The van der Waals surface area contributed by atoms with E-state index in [1.165, 1.54) is 12.6 Å². The predicted molar refractivity (Wildman–Crippen MR) is 106 cm³/mol. The van der Waals surface area contributed by atoms with Crippen LogP contribution in [0.4, 0.5) is 18.9 Å². The molecule has 2 aromatic carbocycles. The average molecular weight is 399 g/mol. The van der Waals surface area contributed by atoms with Crippen LogP contribution in [0.1, 0.15) is 32.8 Å². The van der Waals surface area contributed by atoms with Crippen LogP contribution >= 0.6 is 11.6 Å². The van der Waals surface area contributed by atoms with Gasteiger partial charge in [-0.3, -0.25) is 4.99 Å². The highest BCUT2D eigenvalue weighted by Crippen LogP contribution is 2.44. The first kappa shape index (κ1) is 22.6. The van der Waals surface area contributed by atoms with Crippen LogP contribution in [0.15, 0.2) is 29.8 Å². The summed E-state index contributed by atoms with van der Waals surface area (Å²) < 4.78 is 42.3. The Hall–Kier alpha value is -2.47. The van der Waals surface area contributed by atoms with E-state index in [0.29, 0.717) is 0 Å². The topological polar surface area (TPSA) is 44.6 Å². The third-order valence-corrected chi connectivity index (χ3v) is 3.74. The number of phenolic OH excluding ortho intramolecular Hbond substituents is 1. The molecule has 0 aliphatic carbocycles. The molecule has 0 saturated carbocycles. The van der Waals surface area contributed by atoms with Crippen LogP contribution in [0.25, 0.3) is 16.8 Å². The highest BCUT2D eigenvalue weighted by Gasteiger charge is 2.24. The number of phenols is 1. The molecular formula is C20H22ClF3N2O. The van der Waals surface area contributed by atoms with Gasteiger partial charge in [0.2, 0.25) is 0 Å². The maximum Gasteiger partial charge on any atom is 0.152 e. The van der Waals surface area contributed by atoms with Crippen molar-refractivity contribution in [1.82, 2.24) is 5.32 Å². The van der Waals surface area contributed by atoms with Gasteiger partial charge in [-0.25, -0.2) is 13.2 Å². The molecule has 0 spiro atoms. The second-order valence-corrected chi connectivity index (χ2v) is 5.90. The lowest BCUT2D eigenvalue weighted by molar-refractivity contribution is 0.467. The second-order valence-electron chi connectivity index (χ2n) is 5.52. The summed E-state index contributed by atoms with van der Waals surface area (Å²) in [6.45, 7) is 9.54. The first-order valence-corrected chi connectivity index (χ1v) is 8.67. The summed E-state index contributed by atoms with van der Waals surface area (Å²) in [5, 5.41) is 12.0. The second kappa shape index (κ2) is 10.0. The quantitative estimate of drug-likeness (QED) is 0.458. The molecule has 2 rings (SSSR count). The molecule has 0 saturated heterocycles. The first-order chi connectivity index (χ1) is 12.7. The van der Waals surface area contributed by atoms with E-state index in [-0.39, 0.29) is 28.1 Å². The standard InChI is InChI=1S/C17H14ClF3N2O.C3H8/c1-4-23-17-13(8(2)22-3)12(24)7-11(20)14(17)9-5-6-10(19)15(18)16(9)21;1-3-2/h4-7,22,24H,2H2,1,3H3;3H2,1-2H3. The average Bonchev–Trinajstić information content (AvgIpc) is 2.61. The number of benzene rings is 2. The van der Waals surface area contributed by atoms with Gasteiger partial charge in [-0.15, -0.1) is 0 Å². The van der Waals surface area contributed by atoms with Crippen molar-refractivity contribution in [3.05, 3.63) is 52.8 Å². The van der Waals surface area contributed by atoms with Crippen molar-refractivity contribution in [3.8, 4) is 16.9 Å². The summed E-state index contributed by atoms with van der Waals surface area (Å²) in [4.78, 5) is 4.04. The summed E-state index contributed by atoms with van der Waals surface area (Å²) >= 11 is 5.59. The molecule has 0 radical (unpaired) electrons. The first-order valence-electron chi connectivity index (χ1n) is 8.29. The molecular weight excluding hydrogens is 377 g/mol. The van der Waals surface area contributed by atoms with Crippen molar-refractivity contribution >= 4 is 29.2 Å². The summed E-state index contributed by atoms with van der Waals surface area (Å²) in [6.07, 6.45) is 2.60. The van der Waals surface area contributed by atoms with Gasteiger partial charge in [-0.2, -0.15) is 0 Å². The van der Waals surface area contributed by atoms with Gasteiger partial charge in [-0.1, -0.05) is 38.4 Å². The van der Waals surface area contributed by atoms with Gasteiger partial charge >= 0.3 is 0 Å².